The fourth-order valence-corrected chi connectivity index (χ4v) is 5.54. The minimum absolute atomic E-state index is 0.0130. The smallest absolute Gasteiger partial charge is 0.416 e. The number of rotatable bonds is 8. The number of para-hydroxylation sites is 1. The molecule has 6 nitrogen and oxygen atoms in total. The molecule has 1 aliphatic rings. The Labute approximate surface area is 249 Å². The number of hydrogen-bond donors (Lipinski definition) is 2. The quantitative estimate of drug-likeness (QED) is 0.197. The molecule has 4 aromatic rings. The molecule has 12 heteroatoms. The van der Waals surface area contributed by atoms with Gasteiger partial charge < -0.3 is 15.2 Å². The van der Waals surface area contributed by atoms with Crippen LogP contribution in [0.5, 0.6) is 5.75 Å². The van der Waals surface area contributed by atoms with Gasteiger partial charge in [0.05, 0.1) is 22.1 Å². The Bertz CT molecular complexity index is 1650. The van der Waals surface area contributed by atoms with E-state index < -0.39 is 34.9 Å². The van der Waals surface area contributed by atoms with Crippen molar-refractivity contribution in [2.75, 3.05) is 31.6 Å². The van der Waals surface area contributed by atoms with Gasteiger partial charge in [-0.2, -0.15) is 26.3 Å². The summed E-state index contributed by atoms with van der Waals surface area (Å²) in [7, 11) is 0. The average molecular weight is 618 g/mol. The summed E-state index contributed by atoms with van der Waals surface area (Å²) in [5.41, 5.74) is -0.588. The number of carboxylic acids is 1. The Balaban J connectivity index is 1.26. The van der Waals surface area contributed by atoms with Crippen LogP contribution in [0.25, 0.3) is 10.9 Å². The molecule has 0 saturated carbocycles. The largest absolute Gasteiger partial charge is 0.492 e. The molecular formula is C32H29F6N3O3. The molecule has 232 valence electrons. The minimum Gasteiger partial charge on any atom is -0.492 e. The third kappa shape index (κ3) is 6.75. The van der Waals surface area contributed by atoms with Gasteiger partial charge in [0.25, 0.3) is 0 Å². The van der Waals surface area contributed by atoms with Crippen molar-refractivity contribution in [2.45, 2.75) is 37.5 Å². The van der Waals surface area contributed by atoms with E-state index in [9.17, 15) is 36.2 Å². The number of aryl methyl sites for hydroxylation is 1. The molecule has 2 N–H and O–H groups in total. The number of nitrogens with one attached hydrogen (secondary N) is 1. The molecule has 0 unspecified atom stereocenters. The molecule has 0 amide bonds. The van der Waals surface area contributed by atoms with Crippen LogP contribution in [0, 0.1) is 6.92 Å². The lowest BCUT2D eigenvalue weighted by Crippen LogP contribution is -2.48. The first-order chi connectivity index (χ1) is 20.7. The molecule has 1 saturated heterocycles. The van der Waals surface area contributed by atoms with Crippen molar-refractivity contribution >= 4 is 28.2 Å². The molecule has 44 heavy (non-hydrogen) atoms. The first-order valence-corrected chi connectivity index (χ1v) is 13.9. The van der Waals surface area contributed by atoms with E-state index in [2.05, 4.69) is 10.3 Å². The Morgan fingerprint density at radius 3 is 2.23 bits per heavy atom. The van der Waals surface area contributed by atoms with E-state index in [0.29, 0.717) is 42.1 Å². The van der Waals surface area contributed by atoms with Gasteiger partial charge in [-0.3, -0.25) is 14.7 Å². The fraction of sp³-hybridized carbons (Fsp3) is 0.312. The fourth-order valence-electron chi connectivity index (χ4n) is 5.54. The van der Waals surface area contributed by atoms with E-state index >= 15 is 0 Å². The molecule has 1 aliphatic heterocycles. The molecule has 0 spiro atoms. The first-order valence-electron chi connectivity index (χ1n) is 13.9. The number of nitrogens with zero attached hydrogens (tertiary/aromatic N) is 2. The standard InChI is InChI=1S/C32H29F6N3O3/c1-20-16-28(26-4-2-3-5-27(26)39-20)40-24-17-23(32(36,37)38)18-25(19-24)44-15-14-41-12-10-30(11-13-41,29(42)43)21-6-8-22(9-7-21)31(33,34)35/h2-9,16-19H,10-15H2,1H3,(H,39,40)(H,42,43). The summed E-state index contributed by atoms with van der Waals surface area (Å²) in [5, 5.41) is 13.8. The zero-order valence-corrected chi connectivity index (χ0v) is 23.6. The van der Waals surface area contributed by atoms with Crippen LogP contribution in [0.4, 0.5) is 37.7 Å². The summed E-state index contributed by atoms with van der Waals surface area (Å²) in [4.78, 5) is 18.6. The minimum atomic E-state index is -4.61. The zero-order valence-electron chi connectivity index (χ0n) is 23.6. The highest BCUT2D eigenvalue weighted by molar-refractivity contribution is 5.93. The lowest BCUT2D eigenvalue weighted by molar-refractivity contribution is -0.146. The van der Waals surface area contributed by atoms with E-state index in [-0.39, 0.29) is 30.9 Å². The summed E-state index contributed by atoms with van der Waals surface area (Å²) < 4.78 is 86.0. The number of aromatic nitrogens is 1. The second-order valence-electron chi connectivity index (χ2n) is 10.8. The van der Waals surface area contributed by atoms with Crippen LogP contribution in [0.1, 0.15) is 35.2 Å². The number of likely N-dealkylation sites (tertiary alicyclic amines) is 1. The average Bonchev–Trinajstić information content (AvgIpc) is 2.96. The maximum absolute atomic E-state index is 13.8. The maximum Gasteiger partial charge on any atom is 0.416 e. The molecule has 5 rings (SSSR count). The molecule has 3 aromatic carbocycles. The van der Waals surface area contributed by atoms with Crippen molar-refractivity contribution in [3.8, 4) is 5.75 Å². The van der Waals surface area contributed by atoms with Crippen molar-refractivity contribution < 1.29 is 41.0 Å². The normalized spacial score (nSPS) is 15.7. The predicted octanol–water partition coefficient (Wildman–Crippen LogP) is 7.82. The van der Waals surface area contributed by atoms with Crippen molar-refractivity contribution in [2.24, 2.45) is 0 Å². The Morgan fingerprint density at radius 2 is 1.59 bits per heavy atom. The summed E-state index contributed by atoms with van der Waals surface area (Å²) in [6, 6.07) is 16.7. The van der Waals surface area contributed by atoms with E-state index in [4.69, 9.17) is 4.74 Å². The molecule has 0 radical (unpaired) electrons. The number of aliphatic carboxylic acids is 1. The summed E-state index contributed by atoms with van der Waals surface area (Å²) >= 11 is 0. The number of halogens is 6. The van der Waals surface area contributed by atoms with Gasteiger partial charge >= 0.3 is 18.3 Å². The number of fused-ring (bicyclic) bond motifs is 1. The third-order valence-electron chi connectivity index (χ3n) is 7.92. The SMILES string of the molecule is Cc1cc(Nc2cc(OCCN3CCC(C(=O)O)(c4ccc(C(F)(F)F)cc4)CC3)cc(C(F)(F)F)c2)c2ccccc2n1. The monoisotopic (exact) mass is 617 g/mol. The number of hydrogen-bond acceptors (Lipinski definition) is 5. The predicted molar refractivity (Wildman–Crippen MR) is 153 cm³/mol. The number of alkyl halides is 6. The van der Waals surface area contributed by atoms with Crippen LogP contribution in [-0.2, 0) is 22.6 Å². The molecule has 0 aliphatic carbocycles. The highest BCUT2D eigenvalue weighted by Crippen LogP contribution is 2.39. The van der Waals surface area contributed by atoms with Crippen LogP contribution >= 0.6 is 0 Å². The van der Waals surface area contributed by atoms with Gasteiger partial charge in [0.2, 0.25) is 0 Å². The number of carboxylic acid groups (broad SMARTS) is 1. The number of ether oxygens (including phenoxy) is 1. The number of benzene rings is 3. The Kier molecular flexibility index (Phi) is 8.48. The topological polar surface area (TPSA) is 74.7 Å². The molecule has 0 bridgehead atoms. The van der Waals surface area contributed by atoms with E-state index in [1.807, 2.05) is 29.2 Å². The summed E-state index contributed by atoms with van der Waals surface area (Å²) in [6.45, 7) is 2.79. The van der Waals surface area contributed by atoms with E-state index in [1.165, 1.54) is 18.2 Å². The Hall–Kier alpha value is -4.32. The second-order valence-corrected chi connectivity index (χ2v) is 10.8. The lowest BCUT2D eigenvalue weighted by Gasteiger charge is -2.39. The van der Waals surface area contributed by atoms with Crippen molar-refractivity contribution in [3.05, 3.63) is 95.2 Å². The zero-order chi connectivity index (χ0) is 31.7. The molecule has 1 fully saturated rings. The number of pyridine rings is 1. The lowest BCUT2D eigenvalue weighted by atomic mass is 9.72. The van der Waals surface area contributed by atoms with Gasteiger partial charge in [-0.25, -0.2) is 0 Å². The third-order valence-corrected chi connectivity index (χ3v) is 7.92. The highest BCUT2D eigenvalue weighted by Gasteiger charge is 2.43. The van der Waals surface area contributed by atoms with Gasteiger partial charge in [0.15, 0.2) is 0 Å². The Morgan fingerprint density at radius 1 is 0.932 bits per heavy atom. The van der Waals surface area contributed by atoms with Crippen LogP contribution in [-0.4, -0.2) is 47.2 Å². The molecule has 0 atom stereocenters. The van der Waals surface area contributed by atoms with Crippen LogP contribution in [0.3, 0.4) is 0 Å². The van der Waals surface area contributed by atoms with Crippen molar-refractivity contribution in [3.63, 3.8) is 0 Å². The summed E-state index contributed by atoms with van der Waals surface area (Å²) in [5.74, 6) is -1.10. The van der Waals surface area contributed by atoms with Crippen molar-refractivity contribution in [1.29, 1.82) is 0 Å². The molecule has 2 heterocycles. The number of anilines is 2. The van der Waals surface area contributed by atoms with Gasteiger partial charge in [-0.1, -0.05) is 30.3 Å². The van der Waals surface area contributed by atoms with Crippen LogP contribution < -0.4 is 10.1 Å². The first kappa shape index (κ1) is 31.1. The van der Waals surface area contributed by atoms with Crippen LogP contribution in [0.2, 0.25) is 0 Å². The van der Waals surface area contributed by atoms with Gasteiger partial charge in [-0.15, -0.1) is 0 Å². The highest BCUT2D eigenvalue weighted by atomic mass is 19.4. The van der Waals surface area contributed by atoms with E-state index in [0.717, 1.165) is 29.7 Å². The molecule has 1 aromatic heterocycles. The second kappa shape index (κ2) is 12.0. The van der Waals surface area contributed by atoms with Gasteiger partial charge in [0, 0.05) is 35.1 Å². The summed E-state index contributed by atoms with van der Waals surface area (Å²) in [6.07, 6.45) is -8.83. The van der Waals surface area contributed by atoms with Gasteiger partial charge in [0.1, 0.15) is 12.4 Å². The number of carbonyl (C=O) groups is 1. The van der Waals surface area contributed by atoms with E-state index in [1.54, 1.807) is 13.0 Å². The van der Waals surface area contributed by atoms with Gasteiger partial charge in [-0.05, 0) is 74.8 Å². The maximum atomic E-state index is 13.8. The molecular weight excluding hydrogens is 588 g/mol. The number of piperidine rings is 1. The van der Waals surface area contributed by atoms with Crippen molar-refractivity contribution in [1.82, 2.24) is 9.88 Å². The van der Waals surface area contributed by atoms with Crippen LogP contribution in [0.15, 0.2) is 72.8 Å².